The highest BCUT2D eigenvalue weighted by Gasteiger charge is 2.17. The van der Waals surface area contributed by atoms with Crippen LogP contribution < -0.4 is 4.74 Å². The predicted molar refractivity (Wildman–Crippen MR) is 87.0 cm³/mol. The Balaban J connectivity index is 2.56. The summed E-state index contributed by atoms with van der Waals surface area (Å²) >= 11 is 0. The minimum Gasteiger partial charge on any atom is -0.483 e. The first-order valence-electron chi connectivity index (χ1n) is 7.61. The quantitative estimate of drug-likeness (QED) is 0.774. The molecular formula is C17H26N2O3. The van der Waals surface area contributed by atoms with E-state index in [1.807, 2.05) is 45.9 Å². The van der Waals surface area contributed by atoms with E-state index in [4.69, 9.17) is 4.74 Å². The lowest BCUT2D eigenvalue weighted by atomic mass is 10.1. The molecule has 0 aliphatic carbocycles. The molecule has 0 fully saturated rings. The van der Waals surface area contributed by atoms with Crippen LogP contribution in [0.25, 0.3) is 0 Å². The van der Waals surface area contributed by atoms with Gasteiger partial charge in [-0.2, -0.15) is 0 Å². The molecule has 1 aromatic rings. The van der Waals surface area contributed by atoms with Crippen LogP contribution in [-0.4, -0.2) is 54.9 Å². The Morgan fingerprint density at radius 3 is 2.09 bits per heavy atom. The van der Waals surface area contributed by atoms with Gasteiger partial charge in [-0.05, 0) is 38.8 Å². The minimum atomic E-state index is -0.205. The molecule has 0 aliphatic heterocycles. The number of carbonyl (C=O) groups is 2. The molecule has 0 atom stereocenters. The van der Waals surface area contributed by atoms with Gasteiger partial charge < -0.3 is 14.5 Å². The van der Waals surface area contributed by atoms with Gasteiger partial charge in [0.05, 0.1) is 6.54 Å². The fourth-order valence-electron chi connectivity index (χ4n) is 2.24. The van der Waals surface area contributed by atoms with Crippen LogP contribution in [0.5, 0.6) is 5.75 Å². The van der Waals surface area contributed by atoms with E-state index in [9.17, 15) is 9.59 Å². The Kier molecular flexibility index (Phi) is 6.89. The number of hydrogen-bond donors (Lipinski definition) is 0. The predicted octanol–water partition coefficient (Wildman–Crippen LogP) is 2.01. The molecule has 0 heterocycles. The fraction of sp³-hybridized carbons (Fsp3) is 0.529. The summed E-state index contributed by atoms with van der Waals surface area (Å²) in [5, 5.41) is 0. The van der Waals surface area contributed by atoms with E-state index in [2.05, 4.69) is 0 Å². The summed E-state index contributed by atoms with van der Waals surface area (Å²) < 4.78 is 5.63. The van der Waals surface area contributed by atoms with Crippen LogP contribution in [-0.2, 0) is 9.59 Å². The number of amides is 2. The maximum absolute atomic E-state index is 12.1. The van der Waals surface area contributed by atoms with Crippen LogP contribution in [0, 0.1) is 13.8 Å². The lowest BCUT2D eigenvalue weighted by molar-refractivity contribution is -0.140. The Hall–Kier alpha value is -2.04. The third kappa shape index (κ3) is 4.76. The highest BCUT2D eigenvalue weighted by atomic mass is 16.5. The number of nitrogens with zero attached hydrogens (tertiary/aromatic N) is 2. The normalized spacial score (nSPS) is 10.2. The van der Waals surface area contributed by atoms with E-state index in [-0.39, 0.29) is 25.0 Å². The van der Waals surface area contributed by atoms with Crippen LogP contribution in [0.15, 0.2) is 18.2 Å². The molecule has 0 spiro atoms. The number of para-hydroxylation sites is 1. The minimum absolute atomic E-state index is 0.0482. The largest absolute Gasteiger partial charge is 0.483 e. The molecule has 1 rings (SSSR count). The average Bonchev–Trinajstić information content (AvgIpc) is 2.47. The van der Waals surface area contributed by atoms with Crippen molar-refractivity contribution in [1.29, 1.82) is 0 Å². The van der Waals surface area contributed by atoms with Crippen LogP contribution in [0.3, 0.4) is 0 Å². The third-order valence-electron chi connectivity index (χ3n) is 3.66. The molecule has 22 heavy (non-hydrogen) atoms. The van der Waals surface area contributed by atoms with Crippen molar-refractivity contribution in [3.8, 4) is 5.75 Å². The summed E-state index contributed by atoms with van der Waals surface area (Å²) in [6, 6.07) is 5.84. The number of likely N-dealkylation sites (N-methyl/N-ethyl adjacent to an activating group) is 2. The van der Waals surface area contributed by atoms with E-state index in [0.29, 0.717) is 13.1 Å². The molecule has 0 saturated carbocycles. The van der Waals surface area contributed by atoms with Crippen molar-refractivity contribution < 1.29 is 14.3 Å². The Morgan fingerprint density at radius 1 is 1.05 bits per heavy atom. The number of rotatable bonds is 7. The molecule has 0 unspecified atom stereocenters. The van der Waals surface area contributed by atoms with Crippen molar-refractivity contribution in [2.45, 2.75) is 27.7 Å². The van der Waals surface area contributed by atoms with Gasteiger partial charge in [0.25, 0.3) is 5.91 Å². The van der Waals surface area contributed by atoms with Gasteiger partial charge in [0.15, 0.2) is 6.61 Å². The summed E-state index contributed by atoms with van der Waals surface area (Å²) in [6.45, 7) is 9.05. The number of aryl methyl sites for hydroxylation is 2. The van der Waals surface area contributed by atoms with E-state index >= 15 is 0 Å². The SMILES string of the molecule is CCN(CC)C(=O)CN(C)C(=O)COc1c(C)cccc1C. The van der Waals surface area contributed by atoms with Crippen molar-refractivity contribution in [3.63, 3.8) is 0 Å². The Labute approximate surface area is 132 Å². The van der Waals surface area contributed by atoms with Crippen molar-refractivity contribution in [3.05, 3.63) is 29.3 Å². The standard InChI is InChI=1S/C17H26N2O3/c1-6-19(7-2)15(20)11-18(5)16(21)12-22-17-13(3)9-8-10-14(17)4/h8-10H,6-7,11-12H2,1-5H3. The lowest BCUT2D eigenvalue weighted by Crippen LogP contribution is -2.42. The zero-order valence-electron chi connectivity index (χ0n) is 14.2. The molecule has 0 radical (unpaired) electrons. The van der Waals surface area contributed by atoms with Gasteiger partial charge >= 0.3 is 0 Å². The molecule has 0 saturated heterocycles. The van der Waals surface area contributed by atoms with Crippen LogP contribution in [0.4, 0.5) is 0 Å². The second-order valence-electron chi connectivity index (χ2n) is 5.33. The number of hydrogen-bond acceptors (Lipinski definition) is 3. The maximum Gasteiger partial charge on any atom is 0.260 e. The summed E-state index contributed by atoms with van der Waals surface area (Å²) in [5.41, 5.74) is 1.99. The molecule has 0 aliphatic rings. The molecule has 0 aromatic heterocycles. The second kappa shape index (κ2) is 8.41. The molecule has 5 nitrogen and oxygen atoms in total. The average molecular weight is 306 g/mol. The van der Waals surface area contributed by atoms with Crippen LogP contribution in [0.1, 0.15) is 25.0 Å². The van der Waals surface area contributed by atoms with E-state index < -0.39 is 0 Å². The van der Waals surface area contributed by atoms with Gasteiger partial charge in [-0.3, -0.25) is 9.59 Å². The molecule has 0 N–H and O–H groups in total. The number of benzene rings is 1. The summed E-state index contributed by atoms with van der Waals surface area (Å²) in [5.74, 6) is 0.482. The van der Waals surface area contributed by atoms with Crippen molar-refractivity contribution in [2.24, 2.45) is 0 Å². The Morgan fingerprint density at radius 2 is 1.59 bits per heavy atom. The van der Waals surface area contributed by atoms with E-state index in [1.54, 1.807) is 11.9 Å². The van der Waals surface area contributed by atoms with Gasteiger partial charge in [0, 0.05) is 20.1 Å². The second-order valence-corrected chi connectivity index (χ2v) is 5.33. The van der Waals surface area contributed by atoms with Gasteiger partial charge in [0.2, 0.25) is 5.91 Å². The monoisotopic (exact) mass is 306 g/mol. The number of ether oxygens (including phenoxy) is 1. The molecule has 2 amide bonds. The zero-order chi connectivity index (χ0) is 16.7. The first-order chi connectivity index (χ1) is 10.4. The molecule has 122 valence electrons. The smallest absolute Gasteiger partial charge is 0.260 e. The molecular weight excluding hydrogens is 280 g/mol. The van der Waals surface area contributed by atoms with Crippen LogP contribution in [0.2, 0.25) is 0 Å². The molecule has 5 heteroatoms. The van der Waals surface area contributed by atoms with Gasteiger partial charge in [-0.1, -0.05) is 18.2 Å². The highest BCUT2D eigenvalue weighted by molar-refractivity contribution is 5.85. The summed E-state index contributed by atoms with van der Waals surface area (Å²) in [6.07, 6.45) is 0. The number of carbonyl (C=O) groups excluding carboxylic acids is 2. The third-order valence-corrected chi connectivity index (χ3v) is 3.66. The Bertz CT molecular complexity index is 504. The first-order valence-corrected chi connectivity index (χ1v) is 7.61. The van der Waals surface area contributed by atoms with Crippen molar-refractivity contribution in [2.75, 3.05) is 33.3 Å². The molecule has 1 aromatic carbocycles. The zero-order valence-corrected chi connectivity index (χ0v) is 14.2. The maximum atomic E-state index is 12.1. The topological polar surface area (TPSA) is 49.9 Å². The van der Waals surface area contributed by atoms with Crippen LogP contribution >= 0.6 is 0 Å². The fourth-order valence-corrected chi connectivity index (χ4v) is 2.24. The van der Waals surface area contributed by atoms with E-state index in [1.165, 1.54) is 4.90 Å². The van der Waals surface area contributed by atoms with Crippen molar-refractivity contribution in [1.82, 2.24) is 9.80 Å². The first kappa shape index (κ1) is 18.0. The van der Waals surface area contributed by atoms with Gasteiger partial charge in [0.1, 0.15) is 5.75 Å². The summed E-state index contributed by atoms with van der Waals surface area (Å²) in [7, 11) is 1.62. The molecule has 0 bridgehead atoms. The highest BCUT2D eigenvalue weighted by Crippen LogP contribution is 2.22. The lowest BCUT2D eigenvalue weighted by Gasteiger charge is -2.23. The van der Waals surface area contributed by atoms with Gasteiger partial charge in [-0.25, -0.2) is 0 Å². The summed E-state index contributed by atoms with van der Waals surface area (Å²) in [4.78, 5) is 27.2. The van der Waals surface area contributed by atoms with Crippen molar-refractivity contribution >= 4 is 11.8 Å². The van der Waals surface area contributed by atoms with E-state index in [0.717, 1.165) is 16.9 Å². The van der Waals surface area contributed by atoms with Gasteiger partial charge in [-0.15, -0.1) is 0 Å².